The summed E-state index contributed by atoms with van der Waals surface area (Å²) in [6, 6.07) is 9.32. The highest BCUT2D eigenvalue weighted by Crippen LogP contribution is 2.30. The molecule has 7 nitrogen and oxygen atoms in total. The Morgan fingerprint density at radius 3 is 2.70 bits per heavy atom. The van der Waals surface area contributed by atoms with Crippen LogP contribution in [0.3, 0.4) is 0 Å². The molecule has 3 aromatic heterocycles. The molecule has 0 saturated carbocycles. The molecule has 1 N–H and O–H groups in total. The molecule has 0 spiro atoms. The van der Waals surface area contributed by atoms with E-state index in [0.29, 0.717) is 11.5 Å². The summed E-state index contributed by atoms with van der Waals surface area (Å²) in [5, 5.41) is 8.51. The zero-order chi connectivity index (χ0) is 21.5. The largest absolute Gasteiger partial charge is 0.416 e. The average molecular weight is 433 g/mol. The maximum atomic E-state index is 12.9. The normalized spacial score (nSPS) is 11.7. The maximum Gasteiger partial charge on any atom is 0.416 e. The van der Waals surface area contributed by atoms with Crippen LogP contribution >= 0.6 is 11.3 Å². The fourth-order valence-electron chi connectivity index (χ4n) is 2.92. The number of aryl methyl sites for hydroxylation is 1. The summed E-state index contributed by atoms with van der Waals surface area (Å²) in [4.78, 5) is 29.9. The van der Waals surface area contributed by atoms with Crippen molar-refractivity contribution in [3.05, 3.63) is 69.5 Å². The number of fused-ring (bicyclic) bond motifs is 1. The van der Waals surface area contributed by atoms with Crippen LogP contribution in [0.15, 0.2) is 52.6 Å². The van der Waals surface area contributed by atoms with E-state index in [2.05, 4.69) is 15.4 Å². The van der Waals surface area contributed by atoms with Crippen molar-refractivity contribution in [1.82, 2.24) is 19.2 Å². The molecule has 30 heavy (non-hydrogen) atoms. The standard InChI is InChI=1S/C19H14F3N5O2S/c1-11-8-16(29)27-18(24-17(25-27)14-6-3-7-30-14)26(11)10-15(28)23-13-5-2-4-12(9-13)19(20,21)22/h2-9H,10H2,1H3,(H,23,28). The van der Waals surface area contributed by atoms with Crippen LogP contribution in [-0.4, -0.2) is 25.1 Å². The monoisotopic (exact) mass is 433 g/mol. The second kappa shape index (κ2) is 7.41. The van der Waals surface area contributed by atoms with Crippen LogP contribution in [-0.2, 0) is 17.5 Å². The van der Waals surface area contributed by atoms with Crippen LogP contribution in [0.5, 0.6) is 0 Å². The van der Waals surface area contributed by atoms with Crippen LogP contribution in [0.1, 0.15) is 11.3 Å². The molecule has 0 unspecified atom stereocenters. The number of hydrogen-bond acceptors (Lipinski definition) is 5. The third-order valence-electron chi connectivity index (χ3n) is 4.32. The van der Waals surface area contributed by atoms with E-state index in [1.54, 1.807) is 6.92 Å². The molecule has 4 rings (SSSR count). The van der Waals surface area contributed by atoms with Gasteiger partial charge in [0.15, 0.2) is 5.82 Å². The average Bonchev–Trinajstić information content (AvgIpc) is 3.34. The number of rotatable bonds is 4. The number of benzene rings is 1. The van der Waals surface area contributed by atoms with Gasteiger partial charge in [-0.2, -0.15) is 22.7 Å². The molecule has 0 saturated heterocycles. The molecule has 1 aromatic carbocycles. The first kappa shape index (κ1) is 19.8. The van der Waals surface area contributed by atoms with Crippen LogP contribution in [0.2, 0.25) is 0 Å². The number of nitrogens with zero attached hydrogens (tertiary/aromatic N) is 4. The van der Waals surface area contributed by atoms with Gasteiger partial charge in [-0.1, -0.05) is 12.1 Å². The Hall–Kier alpha value is -3.47. The number of aromatic nitrogens is 4. The zero-order valence-corrected chi connectivity index (χ0v) is 16.3. The highest BCUT2D eigenvalue weighted by molar-refractivity contribution is 7.13. The summed E-state index contributed by atoms with van der Waals surface area (Å²) in [6.45, 7) is 1.38. The molecular formula is C19H14F3N5O2S. The summed E-state index contributed by atoms with van der Waals surface area (Å²) < 4.78 is 41.2. The van der Waals surface area contributed by atoms with Crippen molar-refractivity contribution in [3.8, 4) is 10.7 Å². The Morgan fingerprint density at radius 2 is 2.00 bits per heavy atom. The van der Waals surface area contributed by atoms with Crippen molar-refractivity contribution >= 4 is 28.7 Å². The van der Waals surface area contributed by atoms with E-state index in [0.717, 1.165) is 21.5 Å². The van der Waals surface area contributed by atoms with Gasteiger partial charge < -0.3 is 9.88 Å². The lowest BCUT2D eigenvalue weighted by Crippen LogP contribution is -2.25. The molecule has 0 atom stereocenters. The molecule has 0 aliphatic heterocycles. The van der Waals surface area contributed by atoms with Crippen molar-refractivity contribution in [2.24, 2.45) is 0 Å². The molecule has 0 bridgehead atoms. The molecular weight excluding hydrogens is 419 g/mol. The zero-order valence-electron chi connectivity index (χ0n) is 15.5. The quantitative estimate of drug-likeness (QED) is 0.533. The van der Waals surface area contributed by atoms with Gasteiger partial charge in [-0.15, -0.1) is 16.4 Å². The van der Waals surface area contributed by atoms with Crippen LogP contribution < -0.4 is 10.9 Å². The Balaban J connectivity index is 1.65. The third-order valence-corrected chi connectivity index (χ3v) is 5.18. The van der Waals surface area contributed by atoms with E-state index >= 15 is 0 Å². The molecule has 154 valence electrons. The second-order valence-corrected chi connectivity index (χ2v) is 7.41. The number of anilines is 1. The molecule has 0 radical (unpaired) electrons. The van der Waals surface area contributed by atoms with E-state index in [1.165, 1.54) is 34.1 Å². The smallest absolute Gasteiger partial charge is 0.325 e. The fourth-order valence-corrected chi connectivity index (χ4v) is 3.58. The fraction of sp³-hybridized carbons (Fsp3) is 0.158. The lowest BCUT2D eigenvalue weighted by Gasteiger charge is -2.13. The van der Waals surface area contributed by atoms with Gasteiger partial charge in [0.05, 0.1) is 10.4 Å². The van der Waals surface area contributed by atoms with Crippen molar-refractivity contribution in [2.45, 2.75) is 19.6 Å². The van der Waals surface area contributed by atoms with E-state index in [-0.39, 0.29) is 18.0 Å². The third kappa shape index (κ3) is 3.83. The van der Waals surface area contributed by atoms with Crippen molar-refractivity contribution < 1.29 is 18.0 Å². The number of hydrogen-bond donors (Lipinski definition) is 1. The van der Waals surface area contributed by atoms with Gasteiger partial charge in [-0.25, -0.2) is 0 Å². The van der Waals surface area contributed by atoms with Gasteiger partial charge in [-0.3, -0.25) is 9.59 Å². The predicted molar refractivity (Wildman–Crippen MR) is 105 cm³/mol. The Bertz CT molecular complexity index is 1290. The molecule has 0 aliphatic carbocycles. The molecule has 0 aliphatic rings. The highest BCUT2D eigenvalue weighted by Gasteiger charge is 2.30. The summed E-state index contributed by atoms with van der Waals surface area (Å²) >= 11 is 1.41. The van der Waals surface area contributed by atoms with Gasteiger partial charge in [0.25, 0.3) is 5.56 Å². The predicted octanol–water partition coefficient (Wildman–Crippen LogP) is 3.59. The van der Waals surface area contributed by atoms with Crippen molar-refractivity contribution in [2.75, 3.05) is 5.32 Å². The van der Waals surface area contributed by atoms with Gasteiger partial charge in [0.1, 0.15) is 6.54 Å². The van der Waals surface area contributed by atoms with E-state index in [9.17, 15) is 22.8 Å². The van der Waals surface area contributed by atoms with E-state index in [1.807, 2.05) is 17.5 Å². The van der Waals surface area contributed by atoms with Crippen LogP contribution in [0, 0.1) is 6.92 Å². The van der Waals surface area contributed by atoms with Crippen LogP contribution in [0.4, 0.5) is 18.9 Å². The maximum absolute atomic E-state index is 12.9. The number of carbonyl (C=O) groups is 1. The number of alkyl halides is 3. The van der Waals surface area contributed by atoms with Gasteiger partial charge in [0.2, 0.25) is 11.7 Å². The van der Waals surface area contributed by atoms with Crippen molar-refractivity contribution in [3.63, 3.8) is 0 Å². The van der Waals surface area contributed by atoms with E-state index in [4.69, 9.17) is 0 Å². The lowest BCUT2D eigenvalue weighted by atomic mass is 10.2. The first-order valence-electron chi connectivity index (χ1n) is 8.70. The van der Waals surface area contributed by atoms with E-state index < -0.39 is 23.2 Å². The minimum atomic E-state index is -4.51. The first-order chi connectivity index (χ1) is 14.2. The Morgan fingerprint density at radius 1 is 1.20 bits per heavy atom. The second-order valence-electron chi connectivity index (χ2n) is 6.46. The molecule has 1 amide bonds. The number of amides is 1. The van der Waals surface area contributed by atoms with Gasteiger partial charge >= 0.3 is 6.18 Å². The topological polar surface area (TPSA) is 81.3 Å². The summed E-state index contributed by atoms with van der Waals surface area (Å²) in [5.41, 5.74) is -0.769. The summed E-state index contributed by atoms with van der Waals surface area (Å²) in [5.74, 6) is -0.0500. The summed E-state index contributed by atoms with van der Waals surface area (Å²) in [6.07, 6.45) is -4.51. The SMILES string of the molecule is Cc1cc(=O)n2nc(-c3cccs3)nc2n1CC(=O)Nc1cccc(C(F)(F)F)c1. The first-order valence-corrected chi connectivity index (χ1v) is 9.58. The highest BCUT2D eigenvalue weighted by atomic mass is 32.1. The molecule has 3 heterocycles. The number of thiophene rings is 1. The molecule has 11 heteroatoms. The number of carbonyl (C=O) groups excluding carboxylic acids is 1. The molecule has 0 fully saturated rings. The molecule has 4 aromatic rings. The van der Waals surface area contributed by atoms with Gasteiger partial charge in [0, 0.05) is 17.4 Å². The van der Waals surface area contributed by atoms with Crippen LogP contribution in [0.25, 0.3) is 16.5 Å². The number of halogens is 3. The Labute approximate surface area is 171 Å². The minimum absolute atomic E-state index is 0.0188. The lowest BCUT2D eigenvalue weighted by molar-refractivity contribution is -0.137. The van der Waals surface area contributed by atoms with Gasteiger partial charge in [-0.05, 0) is 36.6 Å². The number of nitrogens with one attached hydrogen (secondary N) is 1. The Kier molecular flexibility index (Phi) is 4.90. The minimum Gasteiger partial charge on any atom is -0.325 e. The summed E-state index contributed by atoms with van der Waals surface area (Å²) in [7, 11) is 0. The van der Waals surface area contributed by atoms with Crippen molar-refractivity contribution in [1.29, 1.82) is 0 Å².